The van der Waals surface area contributed by atoms with Crippen LogP contribution in [0.1, 0.15) is 29.8 Å². The lowest BCUT2D eigenvalue weighted by Crippen LogP contribution is -2.53. The Bertz CT molecular complexity index is 645. The molecular formula is C15H19F2N3O3. The van der Waals surface area contributed by atoms with E-state index in [0.717, 1.165) is 12.8 Å². The molecule has 1 aromatic rings. The molecule has 0 aromatic carbocycles. The summed E-state index contributed by atoms with van der Waals surface area (Å²) in [6.07, 6.45) is -0.751. The van der Waals surface area contributed by atoms with Gasteiger partial charge >= 0.3 is 0 Å². The quantitative estimate of drug-likeness (QED) is 0.887. The molecule has 126 valence electrons. The molecule has 8 heteroatoms. The zero-order valence-corrected chi connectivity index (χ0v) is 12.8. The average Bonchev–Trinajstić information content (AvgIpc) is 2.54. The van der Waals surface area contributed by atoms with Crippen LogP contribution in [-0.2, 0) is 11.8 Å². The molecule has 1 aromatic heterocycles. The Hall–Kier alpha value is -2.25. The monoisotopic (exact) mass is 327 g/mol. The van der Waals surface area contributed by atoms with E-state index in [2.05, 4.69) is 5.32 Å². The first-order valence-electron chi connectivity index (χ1n) is 7.44. The number of hydrogen-bond donors (Lipinski definition) is 1. The summed E-state index contributed by atoms with van der Waals surface area (Å²) in [5, 5.41) is 2.16. The highest BCUT2D eigenvalue weighted by atomic mass is 19.3. The van der Waals surface area contributed by atoms with E-state index in [1.54, 1.807) is 0 Å². The Morgan fingerprint density at radius 3 is 2.78 bits per heavy atom. The fourth-order valence-corrected chi connectivity index (χ4v) is 2.67. The van der Waals surface area contributed by atoms with Gasteiger partial charge < -0.3 is 14.8 Å². The van der Waals surface area contributed by atoms with Gasteiger partial charge in [-0.2, -0.15) is 0 Å². The Morgan fingerprint density at radius 2 is 2.09 bits per heavy atom. The van der Waals surface area contributed by atoms with Crippen molar-refractivity contribution < 1.29 is 18.4 Å². The summed E-state index contributed by atoms with van der Waals surface area (Å²) < 4.78 is 25.7. The van der Waals surface area contributed by atoms with Crippen LogP contribution in [-0.4, -0.2) is 46.8 Å². The van der Waals surface area contributed by atoms with Crippen LogP contribution in [0.5, 0.6) is 0 Å². The van der Waals surface area contributed by atoms with Crippen molar-refractivity contribution in [2.75, 3.05) is 13.1 Å². The molecule has 1 atom stereocenters. The topological polar surface area (TPSA) is 71.4 Å². The number of aromatic nitrogens is 1. The van der Waals surface area contributed by atoms with Crippen LogP contribution in [0.3, 0.4) is 0 Å². The number of halogens is 2. The second-order valence-corrected chi connectivity index (χ2v) is 5.45. The van der Waals surface area contributed by atoms with E-state index in [0.29, 0.717) is 13.0 Å². The first kappa shape index (κ1) is 17.1. The third-order valence-electron chi connectivity index (χ3n) is 3.90. The molecule has 1 saturated heterocycles. The number of hydrogen-bond acceptors (Lipinski definition) is 3. The van der Waals surface area contributed by atoms with E-state index in [4.69, 9.17) is 0 Å². The number of carbonyl (C=O) groups is 2. The fraction of sp³-hybridized carbons (Fsp3) is 0.533. The van der Waals surface area contributed by atoms with Crippen LogP contribution in [0, 0.1) is 0 Å². The van der Waals surface area contributed by atoms with Gasteiger partial charge in [-0.1, -0.05) is 6.07 Å². The normalized spacial score (nSPS) is 18.1. The van der Waals surface area contributed by atoms with Gasteiger partial charge in [-0.25, -0.2) is 8.78 Å². The van der Waals surface area contributed by atoms with E-state index >= 15 is 0 Å². The van der Waals surface area contributed by atoms with Gasteiger partial charge in [-0.3, -0.25) is 14.4 Å². The van der Waals surface area contributed by atoms with Gasteiger partial charge in [0.05, 0.1) is 6.54 Å². The molecule has 6 nitrogen and oxygen atoms in total. The summed E-state index contributed by atoms with van der Waals surface area (Å²) in [7, 11) is 1.48. The highest BCUT2D eigenvalue weighted by Crippen LogP contribution is 2.19. The van der Waals surface area contributed by atoms with Crippen molar-refractivity contribution in [2.24, 2.45) is 7.05 Å². The molecule has 0 bridgehead atoms. The van der Waals surface area contributed by atoms with Gasteiger partial charge in [-0.05, 0) is 25.3 Å². The molecule has 1 aliphatic rings. The van der Waals surface area contributed by atoms with Gasteiger partial charge in [0.15, 0.2) is 0 Å². The maximum Gasteiger partial charge on any atom is 0.271 e. The molecule has 2 rings (SSSR count). The summed E-state index contributed by atoms with van der Waals surface area (Å²) in [5.41, 5.74) is -0.155. The van der Waals surface area contributed by atoms with Crippen molar-refractivity contribution in [3.8, 4) is 0 Å². The lowest BCUT2D eigenvalue weighted by Gasteiger charge is -2.35. The third-order valence-corrected chi connectivity index (χ3v) is 3.90. The van der Waals surface area contributed by atoms with E-state index in [9.17, 15) is 23.2 Å². The number of pyridine rings is 1. The Morgan fingerprint density at radius 1 is 1.35 bits per heavy atom. The van der Waals surface area contributed by atoms with Crippen LogP contribution < -0.4 is 10.9 Å². The fourth-order valence-electron chi connectivity index (χ4n) is 2.67. The Labute approximate surface area is 132 Å². The standard InChI is InChI=1S/C15H19F2N3O3/c1-19-11(6-4-7-13(19)21)15(23)20-8-3-2-5-10(20)14(22)18-9-12(16)17/h4,6-7,10,12H,2-3,5,8-9H2,1H3,(H,18,22)/t10-/m0/s1. The van der Waals surface area contributed by atoms with E-state index in [1.165, 1.54) is 34.7 Å². The van der Waals surface area contributed by atoms with Gasteiger partial charge in [0.25, 0.3) is 17.9 Å². The van der Waals surface area contributed by atoms with Crippen molar-refractivity contribution in [1.82, 2.24) is 14.8 Å². The highest BCUT2D eigenvalue weighted by Gasteiger charge is 2.33. The maximum atomic E-state index is 12.7. The molecule has 23 heavy (non-hydrogen) atoms. The zero-order valence-electron chi connectivity index (χ0n) is 12.8. The largest absolute Gasteiger partial charge is 0.349 e. The number of nitrogens with one attached hydrogen (secondary N) is 1. The predicted molar refractivity (Wildman–Crippen MR) is 79.4 cm³/mol. The first-order valence-corrected chi connectivity index (χ1v) is 7.44. The second-order valence-electron chi connectivity index (χ2n) is 5.45. The Balaban J connectivity index is 2.20. The summed E-state index contributed by atoms with van der Waals surface area (Å²) in [6.45, 7) is -0.379. The second kappa shape index (κ2) is 7.34. The molecule has 0 spiro atoms. The van der Waals surface area contributed by atoms with Crippen LogP contribution in [0.2, 0.25) is 0 Å². The SMILES string of the molecule is Cn1c(C(=O)N2CCCC[C@H]2C(=O)NCC(F)F)cccc1=O. The molecule has 1 fully saturated rings. The molecule has 2 heterocycles. The number of amides is 2. The predicted octanol–water partition coefficient (Wildman–Crippen LogP) is 0.761. The minimum absolute atomic E-state index is 0.172. The third kappa shape index (κ3) is 3.94. The van der Waals surface area contributed by atoms with Gasteiger partial charge in [-0.15, -0.1) is 0 Å². The summed E-state index contributed by atoms with van der Waals surface area (Å²) >= 11 is 0. The van der Waals surface area contributed by atoms with E-state index in [1.807, 2.05) is 0 Å². The molecule has 1 N–H and O–H groups in total. The summed E-state index contributed by atoms with van der Waals surface area (Å²) in [4.78, 5) is 37.8. The molecular weight excluding hydrogens is 308 g/mol. The minimum atomic E-state index is -2.64. The maximum absolute atomic E-state index is 12.7. The molecule has 0 aliphatic carbocycles. The van der Waals surface area contributed by atoms with Crippen molar-refractivity contribution in [2.45, 2.75) is 31.7 Å². The van der Waals surface area contributed by atoms with E-state index < -0.39 is 30.8 Å². The molecule has 0 unspecified atom stereocenters. The van der Waals surface area contributed by atoms with Crippen LogP contribution in [0.15, 0.2) is 23.0 Å². The number of likely N-dealkylation sites (tertiary alicyclic amines) is 1. The minimum Gasteiger partial charge on any atom is -0.349 e. The van der Waals surface area contributed by atoms with Crippen LogP contribution >= 0.6 is 0 Å². The van der Waals surface area contributed by atoms with Crippen molar-refractivity contribution in [3.05, 3.63) is 34.2 Å². The highest BCUT2D eigenvalue weighted by molar-refractivity contribution is 5.96. The molecule has 0 saturated carbocycles. The number of alkyl halides is 2. The van der Waals surface area contributed by atoms with Crippen molar-refractivity contribution >= 4 is 11.8 Å². The molecule has 1 aliphatic heterocycles. The van der Waals surface area contributed by atoms with Crippen LogP contribution in [0.25, 0.3) is 0 Å². The smallest absolute Gasteiger partial charge is 0.271 e. The van der Waals surface area contributed by atoms with Gasteiger partial charge in [0.1, 0.15) is 11.7 Å². The summed E-state index contributed by atoms with van der Waals surface area (Å²) in [6, 6.07) is 3.53. The first-order chi connectivity index (χ1) is 10.9. The number of piperidine rings is 1. The molecule has 0 radical (unpaired) electrons. The van der Waals surface area contributed by atoms with Crippen LogP contribution in [0.4, 0.5) is 8.78 Å². The van der Waals surface area contributed by atoms with Gasteiger partial charge in [0.2, 0.25) is 5.91 Å². The number of rotatable bonds is 4. The lowest BCUT2D eigenvalue weighted by atomic mass is 10.0. The van der Waals surface area contributed by atoms with E-state index in [-0.39, 0.29) is 11.3 Å². The summed E-state index contributed by atoms with van der Waals surface area (Å²) in [5.74, 6) is -1.03. The Kier molecular flexibility index (Phi) is 5.46. The van der Waals surface area contributed by atoms with Crippen molar-refractivity contribution in [1.29, 1.82) is 0 Å². The average molecular weight is 327 g/mol. The molecule has 2 amide bonds. The number of nitrogens with zero attached hydrogens (tertiary/aromatic N) is 2. The van der Waals surface area contributed by atoms with Gasteiger partial charge in [0, 0.05) is 19.7 Å². The number of carbonyl (C=O) groups excluding carboxylic acids is 2. The zero-order chi connectivity index (χ0) is 17.0. The van der Waals surface area contributed by atoms with Crippen molar-refractivity contribution in [3.63, 3.8) is 0 Å². The lowest BCUT2D eigenvalue weighted by molar-refractivity contribution is -0.127.